The number of halogens is 1. The maximum atomic E-state index is 12.1. The molecule has 0 atom stereocenters. The van der Waals surface area contributed by atoms with Crippen molar-refractivity contribution < 1.29 is 13.2 Å². The van der Waals surface area contributed by atoms with Gasteiger partial charge in [0.15, 0.2) is 16.1 Å². The lowest BCUT2D eigenvalue weighted by Gasteiger charge is -2.04. The Labute approximate surface area is 118 Å². The van der Waals surface area contributed by atoms with Gasteiger partial charge in [0.25, 0.3) is 10.0 Å². The predicted molar refractivity (Wildman–Crippen MR) is 71.7 cm³/mol. The minimum atomic E-state index is -4.27. The smallest absolute Gasteiger partial charge is 0.358 e. The fourth-order valence-corrected chi connectivity index (χ4v) is 3.02. The van der Waals surface area contributed by atoms with E-state index in [4.69, 9.17) is 23.1 Å². The number of nitrogens with two attached hydrogens (primary N) is 2. The van der Waals surface area contributed by atoms with Crippen LogP contribution in [0, 0.1) is 0 Å². The molecule has 9 nitrogen and oxygen atoms in total. The van der Waals surface area contributed by atoms with E-state index in [0.717, 1.165) is 0 Å². The van der Waals surface area contributed by atoms with Crippen molar-refractivity contribution in [2.75, 3.05) is 0 Å². The number of sulfonamides is 1. The Balaban J connectivity index is 2.50. The van der Waals surface area contributed by atoms with Crippen molar-refractivity contribution in [2.24, 2.45) is 16.5 Å². The Morgan fingerprint density at radius 3 is 2.75 bits per heavy atom. The van der Waals surface area contributed by atoms with Gasteiger partial charge in [0.2, 0.25) is 0 Å². The molecule has 0 aromatic carbocycles. The molecule has 2 rings (SSSR count). The summed E-state index contributed by atoms with van der Waals surface area (Å²) in [7, 11) is -4.27. The van der Waals surface area contributed by atoms with Crippen LogP contribution in [-0.4, -0.2) is 29.8 Å². The van der Waals surface area contributed by atoms with Gasteiger partial charge in [0.1, 0.15) is 5.65 Å². The molecule has 0 aliphatic rings. The average molecular weight is 317 g/mol. The number of urea groups is 1. The largest absolute Gasteiger partial charge is 0.370 e. The molecule has 0 aliphatic heterocycles. The van der Waals surface area contributed by atoms with Crippen LogP contribution >= 0.6 is 11.6 Å². The zero-order chi connectivity index (χ0) is 14.9. The van der Waals surface area contributed by atoms with E-state index in [2.05, 4.69) is 9.98 Å². The zero-order valence-corrected chi connectivity index (χ0v) is 11.4. The third-order valence-corrected chi connectivity index (χ3v) is 3.87. The van der Waals surface area contributed by atoms with E-state index in [1.165, 1.54) is 10.6 Å². The number of imidazole rings is 1. The number of aromatic nitrogens is 2. The highest BCUT2D eigenvalue weighted by molar-refractivity contribution is 7.90. The van der Waals surface area contributed by atoms with Gasteiger partial charge in [-0.15, -0.1) is 0 Å². The standard InChI is InChI=1S/C9H9ClN6O3S/c10-6-7(16-4-2-1-3-5(16)13-6)20(18,19)15-9(17)14-8(11)12/h1-4H,(H5,11,12,14,15,17). The Morgan fingerprint density at radius 2 is 2.10 bits per heavy atom. The number of pyridine rings is 1. The van der Waals surface area contributed by atoms with Gasteiger partial charge in [-0.3, -0.25) is 4.40 Å². The molecule has 0 spiro atoms. The van der Waals surface area contributed by atoms with Gasteiger partial charge in [0, 0.05) is 6.20 Å². The molecule has 11 heteroatoms. The number of hydrogen-bond donors (Lipinski definition) is 3. The molecule has 0 radical (unpaired) electrons. The van der Waals surface area contributed by atoms with E-state index in [1.54, 1.807) is 22.9 Å². The van der Waals surface area contributed by atoms with Gasteiger partial charge in [0.05, 0.1) is 0 Å². The van der Waals surface area contributed by atoms with Crippen LogP contribution in [0.15, 0.2) is 34.4 Å². The number of rotatable bonds is 2. The number of aliphatic imine (C=N–C) groups is 1. The lowest BCUT2D eigenvalue weighted by Crippen LogP contribution is -2.33. The van der Waals surface area contributed by atoms with Gasteiger partial charge < -0.3 is 11.5 Å². The summed E-state index contributed by atoms with van der Waals surface area (Å²) >= 11 is 5.79. The molecule has 0 saturated heterocycles. The molecule has 2 heterocycles. The summed E-state index contributed by atoms with van der Waals surface area (Å²) in [5, 5.41) is -0.657. The number of guanidine groups is 1. The van der Waals surface area contributed by atoms with E-state index in [9.17, 15) is 13.2 Å². The highest BCUT2D eigenvalue weighted by Crippen LogP contribution is 2.22. The fourth-order valence-electron chi connectivity index (χ4n) is 1.49. The molecule has 106 valence electrons. The first-order valence-electron chi connectivity index (χ1n) is 5.10. The number of fused-ring (bicyclic) bond motifs is 1. The quantitative estimate of drug-likeness (QED) is 0.510. The first-order valence-corrected chi connectivity index (χ1v) is 6.96. The number of hydrogen-bond acceptors (Lipinski definition) is 4. The van der Waals surface area contributed by atoms with Crippen LogP contribution in [0.4, 0.5) is 4.79 Å². The highest BCUT2D eigenvalue weighted by atomic mass is 35.5. The van der Waals surface area contributed by atoms with Gasteiger partial charge in [-0.2, -0.15) is 13.4 Å². The van der Waals surface area contributed by atoms with Crippen molar-refractivity contribution >= 4 is 39.3 Å². The average Bonchev–Trinajstić information content (AvgIpc) is 2.62. The lowest BCUT2D eigenvalue weighted by molar-refractivity contribution is 0.254. The Kier molecular flexibility index (Phi) is 3.51. The molecule has 0 bridgehead atoms. The maximum absolute atomic E-state index is 12.1. The van der Waals surface area contributed by atoms with Crippen LogP contribution in [-0.2, 0) is 10.0 Å². The van der Waals surface area contributed by atoms with E-state index in [-0.39, 0.29) is 10.2 Å². The topological polar surface area (TPSA) is 145 Å². The number of nitrogens with one attached hydrogen (secondary N) is 1. The van der Waals surface area contributed by atoms with E-state index >= 15 is 0 Å². The van der Waals surface area contributed by atoms with Crippen molar-refractivity contribution in [1.29, 1.82) is 0 Å². The van der Waals surface area contributed by atoms with Crippen molar-refractivity contribution in [3.05, 3.63) is 29.5 Å². The second-order valence-electron chi connectivity index (χ2n) is 3.58. The fraction of sp³-hybridized carbons (Fsp3) is 0. The molecule has 2 aromatic heterocycles. The van der Waals surface area contributed by atoms with E-state index < -0.39 is 22.0 Å². The highest BCUT2D eigenvalue weighted by Gasteiger charge is 2.26. The maximum Gasteiger partial charge on any atom is 0.358 e. The molecule has 0 saturated carbocycles. The molecule has 20 heavy (non-hydrogen) atoms. The minimum absolute atomic E-state index is 0.277. The lowest BCUT2D eigenvalue weighted by atomic mass is 10.5. The van der Waals surface area contributed by atoms with Crippen molar-refractivity contribution in [2.45, 2.75) is 5.03 Å². The van der Waals surface area contributed by atoms with Gasteiger partial charge in [-0.05, 0) is 12.1 Å². The second-order valence-corrected chi connectivity index (χ2v) is 5.54. The first kappa shape index (κ1) is 14.1. The van der Waals surface area contributed by atoms with Crippen molar-refractivity contribution in [3.8, 4) is 0 Å². The van der Waals surface area contributed by atoms with Crippen LogP contribution < -0.4 is 16.2 Å². The van der Waals surface area contributed by atoms with Crippen LogP contribution in [0.1, 0.15) is 0 Å². The third-order valence-electron chi connectivity index (χ3n) is 2.15. The third kappa shape index (κ3) is 2.65. The Morgan fingerprint density at radius 1 is 1.40 bits per heavy atom. The first-order chi connectivity index (χ1) is 9.31. The molecule has 0 fully saturated rings. The van der Waals surface area contributed by atoms with Crippen molar-refractivity contribution in [3.63, 3.8) is 0 Å². The normalized spacial score (nSPS) is 11.2. The van der Waals surface area contributed by atoms with E-state index in [0.29, 0.717) is 5.65 Å². The summed E-state index contributed by atoms with van der Waals surface area (Å²) in [6, 6.07) is 3.57. The summed E-state index contributed by atoms with van der Waals surface area (Å²) in [4.78, 5) is 18.2. The predicted octanol–water partition coefficient (Wildman–Crippen LogP) is -0.341. The molecule has 5 N–H and O–H groups in total. The van der Waals surface area contributed by atoms with Gasteiger partial charge in [-0.25, -0.2) is 14.5 Å². The van der Waals surface area contributed by atoms with Crippen LogP contribution in [0.2, 0.25) is 5.15 Å². The van der Waals surface area contributed by atoms with Crippen LogP contribution in [0.3, 0.4) is 0 Å². The molecule has 0 aliphatic carbocycles. The van der Waals surface area contributed by atoms with Crippen LogP contribution in [0.5, 0.6) is 0 Å². The number of carbonyl (C=O) groups excluding carboxylic acids is 1. The zero-order valence-electron chi connectivity index (χ0n) is 9.82. The number of carbonyl (C=O) groups is 1. The Hall–Kier alpha value is -2.33. The summed E-state index contributed by atoms with van der Waals surface area (Å²) in [5.74, 6) is -0.568. The van der Waals surface area contributed by atoms with Crippen molar-refractivity contribution in [1.82, 2.24) is 14.1 Å². The van der Waals surface area contributed by atoms with E-state index in [1.807, 2.05) is 0 Å². The summed E-state index contributed by atoms with van der Waals surface area (Å²) < 4.78 is 27.1. The number of nitrogens with zero attached hydrogens (tertiary/aromatic N) is 3. The Bertz CT molecular complexity index is 808. The molecular formula is C9H9ClN6O3S. The monoisotopic (exact) mass is 316 g/mol. The van der Waals surface area contributed by atoms with Gasteiger partial charge >= 0.3 is 6.03 Å². The molecular weight excluding hydrogens is 308 g/mol. The molecule has 2 aromatic rings. The summed E-state index contributed by atoms with van der Waals surface area (Å²) in [6.45, 7) is 0. The number of amides is 2. The summed E-state index contributed by atoms with van der Waals surface area (Å²) in [5.41, 5.74) is 10.3. The van der Waals surface area contributed by atoms with Crippen LogP contribution in [0.25, 0.3) is 5.65 Å². The molecule has 2 amide bonds. The molecule has 0 unspecified atom stereocenters. The minimum Gasteiger partial charge on any atom is -0.370 e. The SMILES string of the molecule is NC(N)=NC(=O)NS(=O)(=O)c1c(Cl)nc2ccccn12. The van der Waals surface area contributed by atoms with Gasteiger partial charge in [-0.1, -0.05) is 17.7 Å². The summed E-state index contributed by atoms with van der Waals surface area (Å²) in [6.07, 6.45) is 1.44. The second kappa shape index (κ2) is 4.98.